The molecule has 0 radical (unpaired) electrons. The summed E-state index contributed by atoms with van der Waals surface area (Å²) in [5, 5.41) is 9.32. The van der Waals surface area contributed by atoms with Crippen LogP contribution in [-0.2, 0) is 10.2 Å². The van der Waals surface area contributed by atoms with E-state index in [9.17, 15) is 14.4 Å². The number of halogens is 1. The predicted octanol–water partition coefficient (Wildman–Crippen LogP) is 4.29. The molecule has 2 aromatic heterocycles. The van der Waals surface area contributed by atoms with Gasteiger partial charge in [0.25, 0.3) is 0 Å². The highest BCUT2D eigenvalue weighted by atomic mass is 19.1. The van der Waals surface area contributed by atoms with Gasteiger partial charge >= 0.3 is 6.09 Å². The van der Waals surface area contributed by atoms with Crippen LogP contribution >= 0.6 is 0 Å². The van der Waals surface area contributed by atoms with Gasteiger partial charge in [-0.1, -0.05) is 6.42 Å². The standard InChI is InChI=1S/C26H32FN7O2/c1-16-13-33(24(35)36-25(3,4)5)17(2)12-32(16)22-21-23(31-15-30-22)34(14-26(21)7-6-8-26)20-9-18(10-28)29-11-19(20)27/h9,11,15-17H,6-8,12-14H2,1-5H3/t16-,17+/m0/s1. The van der Waals surface area contributed by atoms with Gasteiger partial charge in [-0.15, -0.1) is 0 Å². The van der Waals surface area contributed by atoms with Gasteiger partial charge in [0.2, 0.25) is 0 Å². The monoisotopic (exact) mass is 493 g/mol. The molecule has 2 aliphatic heterocycles. The van der Waals surface area contributed by atoms with E-state index < -0.39 is 11.4 Å². The lowest BCUT2D eigenvalue weighted by Gasteiger charge is -2.46. The molecule has 0 aromatic carbocycles. The van der Waals surface area contributed by atoms with E-state index in [-0.39, 0.29) is 29.3 Å². The molecule has 0 bridgehead atoms. The van der Waals surface area contributed by atoms with E-state index in [0.29, 0.717) is 31.1 Å². The van der Waals surface area contributed by atoms with E-state index in [2.05, 4.69) is 21.8 Å². The van der Waals surface area contributed by atoms with Crippen LogP contribution in [0, 0.1) is 17.1 Å². The largest absolute Gasteiger partial charge is 0.444 e. The summed E-state index contributed by atoms with van der Waals surface area (Å²) in [6, 6.07) is 3.42. The number of amides is 1. The van der Waals surface area contributed by atoms with Gasteiger partial charge in [-0.25, -0.2) is 24.1 Å². The second kappa shape index (κ2) is 8.57. The smallest absolute Gasteiger partial charge is 0.410 e. The van der Waals surface area contributed by atoms with E-state index >= 15 is 0 Å². The second-order valence-corrected chi connectivity index (χ2v) is 11.2. The highest BCUT2D eigenvalue weighted by Crippen LogP contribution is 2.56. The fourth-order valence-corrected chi connectivity index (χ4v) is 5.62. The molecule has 2 aromatic rings. The molecular formula is C26H32FN7O2. The Kier molecular flexibility index (Phi) is 5.77. The van der Waals surface area contributed by atoms with Crippen molar-refractivity contribution in [3.8, 4) is 6.07 Å². The lowest BCUT2D eigenvalue weighted by molar-refractivity contribution is 0.0129. The zero-order chi connectivity index (χ0) is 25.8. The van der Waals surface area contributed by atoms with E-state index in [1.165, 1.54) is 12.4 Å². The third-order valence-corrected chi connectivity index (χ3v) is 7.49. The predicted molar refractivity (Wildman–Crippen MR) is 133 cm³/mol. The highest BCUT2D eigenvalue weighted by Gasteiger charge is 2.52. The van der Waals surface area contributed by atoms with Gasteiger partial charge in [-0.2, -0.15) is 5.26 Å². The molecular weight excluding hydrogens is 461 g/mol. The number of nitrogens with zero attached hydrogens (tertiary/aromatic N) is 7. The molecule has 190 valence electrons. The van der Waals surface area contributed by atoms with Crippen LogP contribution in [0.5, 0.6) is 0 Å². The first-order chi connectivity index (χ1) is 17.0. The van der Waals surface area contributed by atoms with Gasteiger partial charge in [0.15, 0.2) is 5.82 Å². The number of hydrogen-bond acceptors (Lipinski definition) is 8. The summed E-state index contributed by atoms with van der Waals surface area (Å²) < 4.78 is 20.5. The van der Waals surface area contributed by atoms with E-state index in [1.54, 1.807) is 4.90 Å². The van der Waals surface area contributed by atoms with Crippen molar-refractivity contribution >= 4 is 23.4 Å². The Labute approximate surface area is 210 Å². The Morgan fingerprint density at radius 3 is 2.53 bits per heavy atom. The molecule has 4 heterocycles. The third-order valence-electron chi connectivity index (χ3n) is 7.49. The van der Waals surface area contributed by atoms with E-state index in [4.69, 9.17) is 9.72 Å². The zero-order valence-electron chi connectivity index (χ0n) is 21.5. The quantitative estimate of drug-likeness (QED) is 0.611. The highest BCUT2D eigenvalue weighted by molar-refractivity contribution is 5.76. The van der Waals surface area contributed by atoms with Crippen LogP contribution in [0.2, 0.25) is 0 Å². The molecule has 9 nitrogen and oxygen atoms in total. The average molecular weight is 494 g/mol. The summed E-state index contributed by atoms with van der Waals surface area (Å²) in [6.45, 7) is 11.4. The maximum atomic E-state index is 14.9. The second-order valence-electron chi connectivity index (χ2n) is 11.2. The van der Waals surface area contributed by atoms with Crippen LogP contribution in [0.15, 0.2) is 18.6 Å². The van der Waals surface area contributed by atoms with Crippen LogP contribution < -0.4 is 9.80 Å². The number of piperazine rings is 1. The molecule has 1 saturated carbocycles. The number of carbonyl (C=O) groups excluding carboxylic acids is 1. The summed E-state index contributed by atoms with van der Waals surface area (Å²) in [6.07, 6.45) is 5.34. The van der Waals surface area contributed by atoms with Gasteiger partial charge in [0.05, 0.1) is 11.9 Å². The van der Waals surface area contributed by atoms with Crippen LogP contribution in [0.4, 0.5) is 26.5 Å². The Bertz CT molecular complexity index is 1230. The van der Waals surface area contributed by atoms with Crippen molar-refractivity contribution in [2.45, 2.75) is 77.0 Å². The van der Waals surface area contributed by atoms with Crippen molar-refractivity contribution in [1.82, 2.24) is 19.9 Å². The molecule has 36 heavy (non-hydrogen) atoms. The molecule has 5 rings (SSSR count). The molecule has 0 N–H and O–H groups in total. The number of pyridine rings is 1. The molecule has 3 aliphatic rings. The fourth-order valence-electron chi connectivity index (χ4n) is 5.62. The summed E-state index contributed by atoms with van der Waals surface area (Å²) in [7, 11) is 0. The normalized spacial score (nSPS) is 22.8. The molecule has 10 heteroatoms. The number of hydrogen-bond donors (Lipinski definition) is 0. The Morgan fingerprint density at radius 2 is 1.89 bits per heavy atom. The minimum atomic E-state index is -0.557. The first kappa shape index (κ1) is 24.2. The van der Waals surface area contributed by atoms with Gasteiger partial charge in [0.1, 0.15) is 35.3 Å². The number of anilines is 3. The van der Waals surface area contributed by atoms with Gasteiger partial charge in [0, 0.05) is 48.8 Å². The average Bonchev–Trinajstić information content (AvgIpc) is 3.16. The van der Waals surface area contributed by atoms with Crippen LogP contribution in [0.3, 0.4) is 0 Å². The number of nitriles is 1. The van der Waals surface area contributed by atoms with Crippen LogP contribution in [0.25, 0.3) is 0 Å². The molecule has 2 atom stereocenters. The number of carbonyl (C=O) groups is 1. The molecule has 1 amide bonds. The zero-order valence-corrected chi connectivity index (χ0v) is 21.5. The SMILES string of the molecule is C[C@@H]1CN(c2ncnc3c2C2(CCC2)CN3c2cc(C#N)ncc2F)[C@@H](C)CN1C(=O)OC(C)(C)C. The van der Waals surface area contributed by atoms with Crippen molar-refractivity contribution in [1.29, 1.82) is 5.26 Å². The fraction of sp³-hybridized carbons (Fsp3) is 0.577. The van der Waals surface area contributed by atoms with Crippen LogP contribution in [-0.4, -0.2) is 63.3 Å². The number of rotatable bonds is 2. The van der Waals surface area contributed by atoms with Crippen molar-refractivity contribution in [2.75, 3.05) is 29.4 Å². The number of fused-ring (bicyclic) bond motifs is 2. The Morgan fingerprint density at radius 1 is 1.17 bits per heavy atom. The molecule has 1 spiro atoms. The summed E-state index contributed by atoms with van der Waals surface area (Å²) in [4.78, 5) is 32.0. The lowest BCUT2D eigenvalue weighted by atomic mass is 9.66. The van der Waals surface area contributed by atoms with Gasteiger partial charge in [-0.3, -0.25) is 0 Å². The number of aromatic nitrogens is 3. The maximum absolute atomic E-state index is 14.9. The first-order valence-electron chi connectivity index (χ1n) is 12.5. The summed E-state index contributed by atoms with van der Waals surface area (Å²) in [5.41, 5.74) is 0.790. The molecule has 1 saturated heterocycles. The minimum Gasteiger partial charge on any atom is -0.444 e. The molecule has 2 fully saturated rings. The van der Waals surface area contributed by atoms with E-state index in [0.717, 1.165) is 36.8 Å². The summed E-state index contributed by atoms with van der Waals surface area (Å²) in [5.74, 6) is 1.05. The molecule has 0 unspecified atom stereocenters. The Balaban J connectivity index is 1.51. The number of ether oxygens (including phenoxy) is 1. The van der Waals surface area contributed by atoms with Crippen molar-refractivity contribution < 1.29 is 13.9 Å². The molecule has 1 aliphatic carbocycles. The van der Waals surface area contributed by atoms with E-state index in [1.807, 2.05) is 38.7 Å². The summed E-state index contributed by atoms with van der Waals surface area (Å²) >= 11 is 0. The van der Waals surface area contributed by atoms with Crippen LogP contribution in [0.1, 0.15) is 65.1 Å². The van der Waals surface area contributed by atoms with Crippen molar-refractivity contribution in [3.05, 3.63) is 35.7 Å². The lowest BCUT2D eigenvalue weighted by Crippen LogP contribution is -2.59. The third kappa shape index (κ3) is 4.00. The van der Waals surface area contributed by atoms with Crippen molar-refractivity contribution in [3.63, 3.8) is 0 Å². The van der Waals surface area contributed by atoms with Gasteiger partial charge in [-0.05, 0) is 47.5 Å². The minimum absolute atomic E-state index is 0.00162. The maximum Gasteiger partial charge on any atom is 0.410 e. The van der Waals surface area contributed by atoms with Gasteiger partial charge < -0.3 is 19.4 Å². The topological polar surface area (TPSA) is 98.5 Å². The van der Waals surface area contributed by atoms with Crippen molar-refractivity contribution in [2.24, 2.45) is 0 Å². The Hall–Kier alpha value is -3.48. The first-order valence-corrected chi connectivity index (χ1v) is 12.5.